The van der Waals surface area contributed by atoms with Crippen LogP contribution in [0.4, 0.5) is 10.5 Å². The molecular formula is C42H51N5O7. The van der Waals surface area contributed by atoms with Crippen molar-refractivity contribution in [1.82, 2.24) is 20.8 Å². The van der Waals surface area contributed by atoms with Crippen molar-refractivity contribution in [2.75, 3.05) is 11.9 Å². The molecule has 0 unspecified atom stereocenters. The number of anilines is 1. The standard InChI is InChI=1S/C42H51N5O7/c1-24(2)45-38(49)30-15-16-33(25(3)17-30)28-11-7-26(8-12-28)18-31(39(50)46-32-20-34(40(51)52)35-23-44-47-36(35)21-32)19-37(48)29-13-9-27(10-14-29)22-43-41(53)54-42(4,5)6/h7-8,11-12,15-17,20-21,23-24,27,29,31H,9-10,13-14,18-19,22H2,1-6H3,(H,43,53)(H,44,47)(H,45,49)(H,46,50)(H,51,52)/t27?,29?,31-/m1/s1. The molecule has 0 radical (unpaired) electrons. The van der Waals surface area contributed by atoms with Crippen LogP contribution < -0.4 is 16.0 Å². The zero-order valence-electron chi connectivity index (χ0n) is 31.9. The van der Waals surface area contributed by atoms with Crippen LogP contribution >= 0.6 is 0 Å². The van der Waals surface area contributed by atoms with Gasteiger partial charge in [-0.2, -0.15) is 5.10 Å². The number of aromatic amines is 1. The molecule has 1 aliphatic carbocycles. The first-order valence-corrected chi connectivity index (χ1v) is 18.6. The summed E-state index contributed by atoms with van der Waals surface area (Å²) in [6.07, 6.45) is 4.16. The van der Waals surface area contributed by atoms with Gasteiger partial charge in [0, 0.05) is 47.5 Å². The smallest absolute Gasteiger partial charge is 0.407 e. The van der Waals surface area contributed by atoms with Gasteiger partial charge in [-0.3, -0.25) is 19.5 Å². The highest BCUT2D eigenvalue weighted by molar-refractivity contribution is 6.06. The molecule has 4 aromatic rings. The minimum absolute atomic E-state index is 0.00144. The largest absolute Gasteiger partial charge is 0.478 e. The Morgan fingerprint density at radius 3 is 2.30 bits per heavy atom. The number of carbonyl (C=O) groups excluding carboxylic acids is 4. The summed E-state index contributed by atoms with van der Waals surface area (Å²) in [4.78, 5) is 64.4. The van der Waals surface area contributed by atoms with Crippen LogP contribution in [0.5, 0.6) is 0 Å². The monoisotopic (exact) mass is 737 g/mol. The first-order valence-electron chi connectivity index (χ1n) is 18.6. The second kappa shape index (κ2) is 17.1. The molecule has 1 heterocycles. The van der Waals surface area contributed by atoms with Crippen LogP contribution in [-0.4, -0.2) is 63.2 Å². The van der Waals surface area contributed by atoms with E-state index in [1.54, 1.807) is 12.1 Å². The molecule has 1 saturated carbocycles. The zero-order chi connectivity index (χ0) is 39.2. The number of ether oxygens (including phenoxy) is 1. The van der Waals surface area contributed by atoms with Gasteiger partial charge in [0.05, 0.1) is 17.3 Å². The predicted molar refractivity (Wildman–Crippen MR) is 207 cm³/mol. The number of fused-ring (bicyclic) bond motifs is 1. The number of benzene rings is 3. The summed E-state index contributed by atoms with van der Waals surface area (Å²) in [6, 6.07) is 16.5. The molecule has 0 bridgehead atoms. The number of nitrogens with zero attached hydrogens (tertiary/aromatic N) is 1. The van der Waals surface area contributed by atoms with Crippen molar-refractivity contribution >= 4 is 46.3 Å². The number of alkyl carbamates (subject to hydrolysis) is 1. The van der Waals surface area contributed by atoms with Crippen molar-refractivity contribution in [3.63, 3.8) is 0 Å². The average Bonchev–Trinajstić information content (AvgIpc) is 3.58. The van der Waals surface area contributed by atoms with E-state index in [9.17, 15) is 29.1 Å². The number of Topliss-reactive ketones (excluding diaryl/α,β-unsaturated/α-hetero) is 1. The highest BCUT2D eigenvalue weighted by Gasteiger charge is 2.31. The number of hydrogen-bond donors (Lipinski definition) is 5. The number of carboxylic acids is 1. The Hall–Kier alpha value is -5.52. The van der Waals surface area contributed by atoms with Crippen LogP contribution in [-0.2, 0) is 20.7 Å². The van der Waals surface area contributed by atoms with Gasteiger partial charge in [0.2, 0.25) is 5.91 Å². The third-order valence-electron chi connectivity index (χ3n) is 9.77. The van der Waals surface area contributed by atoms with E-state index in [0.717, 1.165) is 35.1 Å². The molecule has 1 aliphatic rings. The van der Waals surface area contributed by atoms with Gasteiger partial charge in [0.25, 0.3) is 5.91 Å². The van der Waals surface area contributed by atoms with Gasteiger partial charge >= 0.3 is 12.1 Å². The minimum Gasteiger partial charge on any atom is -0.478 e. The van der Waals surface area contributed by atoms with Gasteiger partial charge in [-0.15, -0.1) is 0 Å². The van der Waals surface area contributed by atoms with E-state index in [2.05, 4.69) is 26.1 Å². The van der Waals surface area contributed by atoms with Crippen molar-refractivity contribution in [2.24, 2.45) is 17.8 Å². The number of hydrogen-bond acceptors (Lipinski definition) is 7. The fraction of sp³-hybridized carbons (Fsp3) is 0.429. The lowest BCUT2D eigenvalue weighted by molar-refractivity contribution is -0.129. The summed E-state index contributed by atoms with van der Waals surface area (Å²) in [5.74, 6) is -2.33. The Morgan fingerprint density at radius 1 is 0.963 bits per heavy atom. The highest BCUT2D eigenvalue weighted by atomic mass is 16.6. The SMILES string of the molecule is Cc1cc(C(=O)NC(C)C)ccc1-c1ccc(C[C@H](CC(=O)C2CCC(CNC(=O)OC(C)(C)C)CC2)C(=O)Nc2cc(C(=O)O)c3cn[nH]c3c2)cc1. The molecule has 12 nitrogen and oxygen atoms in total. The summed E-state index contributed by atoms with van der Waals surface area (Å²) in [7, 11) is 0. The van der Waals surface area contributed by atoms with E-state index >= 15 is 0 Å². The fourth-order valence-corrected chi connectivity index (χ4v) is 7.02. The van der Waals surface area contributed by atoms with Gasteiger partial charge in [0.1, 0.15) is 11.4 Å². The van der Waals surface area contributed by atoms with Crippen LogP contribution in [0.1, 0.15) is 98.6 Å². The number of aromatic carboxylic acids is 1. The molecule has 0 aliphatic heterocycles. The van der Waals surface area contributed by atoms with Gasteiger partial charge in [-0.25, -0.2) is 9.59 Å². The lowest BCUT2D eigenvalue weighted by Crippen LogP contribution is -2.37. The molecule has 1 atom stereocenters. The maximum atomic E-state index is 14.0. The molecule has 1 aromatic heterocycles. The normalized spacial score (nSPS) is 16.4. The number of carboxylic acid groups (broad SMARTS) is 1. The van der Waals surface area contributed by atoms with Crippen LogP contribution in [0.3, 0.4) is 0 Å². The number of aromatic nitrogens is 2. The number of nitrogens with one attached hydrogen (secondary N) is 4. The first-order chi connectivity index (χ1) is 25.6. The lowest BCUT2D eigenvalue weighted by atomic mass is 9.77. The second-order valence-corrected chi connectivity index (χ2v) is 15.7. The molecule has 1 fully saturated rings. The summed E-state index contributed by atoms with van der Waals surface area (Å²) < 4.78 is 5.35. The quantitative estimate of drug-likeness (QED) is 0.0938. The molecule has 0 saturated heterocycles. The van der Waals surface area contributed by atoms with E-state index < -0.39 is 23.6 Å². The van der Waals surface area contributed by atoms with Crippen molar-refractivity contribution in [1.29, 1.82) is 0 Å². The third-order valence-corrected chi connectivity index (χ3v) is 9.77. The average molecular weight is 738 g/mol. The van der Waals surface area contributed by atoms with E-state index in [1.807, 2.05) is 77.9 Å². The molecule has 12 heteroatoms. The van der Waals surface area contributed by atoms with E-state index in [-0.39, 0.29) is 47.5 Å². The van der Waals surface area contributed by atoms with Crippen molar-refractivity contribution in [2.45, 2.75) is 91.7 Å². The van der Waals surface area contributed by atoms with Crippen LogP contribution in [0, 0.1) is 24.7 Å². The topological polar surface area (TPSA) is 180 Å². The van der Waals surface area contributed by atoms with Gasteiger partial charge < -0.3 is 25.8 Å². The van der Waals surface area contributed by atoms with E-state index in [0.29, 0.717) is 48.0 Å². The molecule has 54 heavy (non-hydrogen) atoms. The van der Waals surface area contributed by atoms with E-state index in [1.165, 1.54) is 12.3 Å². The highest BCUT2D eigenvalue weighted by Crippen LogP contribution is 2.32. The Kier molecular flexibility index (Phi) is 12.6. The molecule has 286 valence electrons. The summed E-state index contributed by atoms with van der Waals surface area (Å²) in [6.45, 7) is 11.7. The molecular weight excluding hydrogens is 686 g/mol. The molecule has 0 spiro atoms. The number of aryl methyl sites for hydroxylation is 1. The Balaban J connectivity index is 1.30. The maximum absolute atomic E-state index is 14.0. The van der Waals surface area contributed by atoms with Gasteiger partial charge in [0.15, 0.2) is 0 Å². The molecule has 5 rings (SSSR count). The predicted octanol–water partition coefficient (Wildman–Crippen LogP) is 7.46. The maximum Gasteiger partial charge on any atom is 0.407 e. The number of rotatable bonds is 13. The van der Waals surface area contributed by atoms with Gasteiger partial charge in [-0.05, 0) is 126 Å². The van der Waals surface area contributed by atoms with Crippen LogP contribution in [0.2, 0.25) is 0 Å². The minimum atomic E-state index is -1.15. The number of carbonyl (C=O) groups is 5. The fourth-order valence-electron chi connectivity index (χ4n) is 7.02. The van der Waals surface area contributed by atoms with E-state index in [4.69, 9.17) is 4.74 Å². The van der Waals surface area contributed by atoms with Crippen molar-refractivity contribution in [3.8, 4) is 11.1 Å². The Morgan fingerprint density at radius 2 is 1.67 bits per heavy atom. The van der Waals surface area contributed by atoms with Crippen molar-refractivity contribution < 1.29 is 33.8 Å². The van der Waals surface area contributed by atoms with Crippen molar-refractivity contribution in [3.05, 3.63) is 83.0 Å². The Labute approximate surface area is 315 Å². The number of H-pyrrole nitrogens is 1. The Bertz CT molecular complexity index is 2000. The lowest BCUT2D eigenvalue weighted by Gasteiger charge is -2.29. The summed E-state index contributed by atoms with van der Waals surface area (Å²) in [5.41, 5.74) is 4.52. The molecule has 3 aromatic carbocycles. The van der Waals surface area contributed by atoms with Crippen LogP contribution in [0.25, 0.3) is 22.0 Å². The first kappa shape index (κ1) is 39.7. The number of ketones is 1. The summed E-state index contributed by atoms with van der Waals surface area (Å²) in [5, 5.41) is 25.6. The molecule has 5 N–H and O–H groups in total. The summed E-state index contributed by atoms with van der Waals surface area (Å²) >= 11 is 0. The number of amides is 3. The van der Waals surface area contributed by atoms with Gasteiger partial charge in [-0.1, -0.05) is 30.3 Å². The zero-order valence-corrected chi connectivity index (χ0v) is 31.9. The molecule has 3 amide bonds. The second-order valence-electron chi connectivity index (χ2n) is 15.7. The van der Waals surface area contributed by atoms with Crippen LogP contribution in [0.15, 0.2) is 60.8 Å². The third kappa shape index (κ3) is 10.5.